The first-order valence-electron chi connectivity index (χ1n) is 4.83. The number of hydrogen-bond acceptors (Lipinski definition) is 0. The average molecular weight is 156 g/mol. The van der Waals surface area contributed by atoms with Gasteiger partial charge in [0, 0.05) is 0 Å². The van der Waals surface area contributed by atoms with E-state index in [0.717, 1.165) is 12.3 Å². The van der Waals surface area contributed by atoms with Crippen LogP contribution in [0.2, 0.25) is 0 Å². The van der Waals surface area contributed by atoms with Crippen LogP contribution in [-0.4, -0.2) is 0 Å². The molecule has 0 nitrogen and oxygen atoms in total. The van der Waals surface area contributed by atoms with Gasteiger partial charge in [0.25, 0.3) is 0 Å². The highest BCUT2D eigenvalue weighted by molar-refractivity contribution is 4.91. The van der Waals surface area contributed by atoms with E-state index in [9.17, 15) is 0 Å². The predicted octanol–water partition coefficient (Wildman–Crippen LogP) is 4.42. The van der Waals surface area contributed by atoms with E-state index in [1.54, 1.807) is 0 Å². The molecule has 11 heavy (non-hydrogen) atoms. The van der Waals surface area contributed by atoms with Gasteiger partial charge in [0.1, 0.15) is 0 Å². The number of rotatable bonds is 4. The van der Waals surface area contributed by atoms with Gasteiger partial charge in [0.05, 0.1) is 0 Å². The third-order valence-corrected chi connectivity index (χ3v) is 1.58. The van der Waals surface area contributed by atoms with Crippen LogP contribution < -0.4 is 0 Å². The minimum absolute atomic E-state index is 0.827. The minimum Gasteiger partial charge on any atom is -0.0999 e. The Balaban J connectivity index is 0. The third-order valence-electron chi connectivity index (χ3n) is 1.58. The van der Waals surface area contributed by atoms with Crippen molar-refractivity contribution in [3.05, 3.63) is 12.2 Å². The van der Waals surface area contributed by atoms with E-state index in [1.165, 1.54) is 18.4 Å². The lowest BCUT2D eigenvalue weighted by molar-refractivity contribution is 0.580. The lowest BCUT2D eigenvalue weighted by Crippen LogP contribution is -1.87. The summed E-state index contributed by atoms with van der Waals surface area (Å²) < 4.78 is 0. The maximum atomic E-state index is 3.95. The number of allylic oxidation sites excluding steroid dienone is 1. The Morgan fingerprint density at radius 2 is 1.73 bits per heavy atom. The highest BCUT2D eigenvalue weighted by Crippen LogP contribution is 2.11. The van der Waals surface area contributed by atoms with Gasteiger partial charge in [-0.1, -0.05) is 46.8 Å². The highest BCUT2D eigenvalue weighted by atomic mass is 14.0. The Labute approximate surface area is 72.7 Å². The van der Waals surface area contributed by atoms with E-state index < -0.39 is 0 Å². The van der Waals surface area contributed by atoms with Crippen molar-refractivity contribution in [3.63, 3.8) is 0 Å². The fraction of sp³-hybridized carbons (Fsp3) is 0.818. The van der Waals surface area contributed by atoms with Gasteiger partial charge in [-0.2, -0.15) is 0 Å². The Morgan fingerprint density at radius 1 is 1.27 bits per heavy atom. The van der Waals surface area contributed by atoms with Crippen LogP contribution in [0.5, 0.6) is 0 Å². The van der Waals surface area contributed by atoms with E-state index in [1.807, 2.05) is 13.8 Å². The quantitative estimate of drug-likeness (QED) is 0.529. The molecule has 0 aliphatic rings. The zero-order chi connectivity index (χ0) is 9.28. The Bertz CT molecular complexity index is 80.0. The van der Waals surface area contributed by atoms with Crippen molar-refractivity contribution in [2.45, 2.75) is 53.9 Å². The molecule has 0 heterocycles. The molecule has 0 heteroatoms. The molecule has 0 amide bonds. The molecule has 0 aromatic heterocycles. The van der Waals surface area contributed by atoms with Gasteiger partial charge in [-0.05, 0) is 25.2 Å². The van der Waals surface area contributed by atoms with E-state index in [0.29, 0.717) is 0 Å². The van der Waals surface area contributed by atoms with E-state index >= 15 is 0 Å². The molecular formula is C11H24. The van der Waals surface area contributed by atoms with Crippen LogP contribution in [0, 0.1) is 5.92 Å². The van der Waals surface area contributed by atoms with Crippen molar-refractivity contribution in [3.8, 4) is 0 Å². The summed E-state index contributed by atoms with van der Waals surface area (Å²) in [5.74, 6) is 0.827. The van der Waals surface area contributed by atoms with Crippen LogP contribution in [0.1, 0.15) is 53.9 Å². The fourth-order valence-electron chi connectivity index (χ4n) is 0.670. The van der Waals surface area contributed by atoms with Crippen molar-refractivity contribution in [2.75, 3.05) is 0 Å². The molecule has 0 spiro atoms. The van der Waals surface area contributed by atoms with Crippen LogP contribution in [0.3, 0.4) is 0 Å². The van der Waals surface area contributed by atoms with Gasteiger partial charge in [-0.15, -0.1) is 0 Å². The van der Waals surface area contributed by atoms with Crippen molar-refractivity contribution in [1.29, 1.82) is 0 Å². The van der Waals surface area contributed by atoms with Gasteiger partial charge < -0.3 is 0 Å². The summed E-state index contributed by atoms with van der Waals surface area (Å²) in [6, 6.07) is 0. The van der Waals surface area contributed by atoms with Gasteiger partial charge >= 0.3 is 0 Å². The second-order valence-corrected chi connectivity index (χ2v) is 3.04. The minimum atomic E-state index is 0.827. The molecule has 0 fully saturated rings. The summed E-state index contributed by atoms with van der Waals surface area (Å²) in [6.45, 7) is 14.6. The topological polar surface area (TPSA) is 0 Å². The van der Waals surface area contributed by atoms with E-state index in [-0.39, 0.29) is 0 Å². The summed E-state index contributed by atoms with van der Waals surface area (Å²) >= 11 is 0. The SMILES string of the molecule is C=C(CC)CCC(C)C.CC. The third kappa shape index (κ3) is 12.8. The van der Waals surface area contributed by atoms with Gasteiger partial charge in [-0.25, -0.2) is 0 Å². The summed E-state index contributed by atoms with van der Waals surface area (Å²) in [4.78, 5) is 0. The Kier molecular flexibility index (Phi) is 11.8. The van der Waals surface area contributed by atoms with Crippen molar-refractivity contribution in [2.24, 2.45) is 5.92 Å². The van der Waals surface area contributed by atoms with E-state index in [4.69, 9.17) is 0 Å². The van der Waals surface area contributed by atoms with Gasteiger partial charge in [0.15, 0.2) is 0 Å². The van der Waals surface area contributed by atoms with Gasteiger partial charge in [0.2, 0.25) is 0 Å². The second-order valence-electron chi connectivity index (χ2n) is 3.04. The molecule has 0 saturated carbocycles. The first kappa shape index (κ1) is 13.3. The molecule has 0 unspecified atom stereocenters. The molecule has 0 aromatic rings. The first-order valence-corrected chi connectivity index (χ1v) is 4.83. The normalized spacial score (nSPS) is 8.91. The lowest BCUT2D eigenvalue weighted by atomic mass is 10.0. The fourth-order valence-corrected chi connectivity index (χ4v) is 0.670. The van der Waals surface area contributed by atoms with Gasteiger partial charge in [-0.3, -0.25) is 0 Å². The van der Waals surface area contributed by atoms with Crippen molar-refractivity contribution >= 4 is 0 Å². The molecule has 0 radical (unpaired) electrons. The Hall–Kier alpha value is -0.260. The first-order chi connectivity index (χ1) is 5.16. The smallest absolute Gasteiger partial charge is 0.0321 e. The molecule has 68 valence electrons. The maximum absolute atomic E-state index is 3.95. The second kappa shape index (κ2) is 9.74. The molecule has 0 rings (SSSR count). The van der Waals surface area contributed by atoms with Crippen LogP contribution in [0.15, 0.2) is 12.2 Å². The summed E-state index contributed by atoms with van der Waals surface area (Å²) in [6.07, 6.45) is 3.66. The zero-order valence-corrected chi connectivity index (χ0v) is 8.91. The standard InChI is InChI=1S/C9H18.C2H6/c1-5-9(4)7-6-8(2)3;1-2/h8H,4-7H2,1-3H3;1-2H3. The molecule has 0 bridgehead atoms. The number of hydrogen-bond donors (Lipinski definition) is 0. The molecule has 0 aromatic carbocycles. The average Bonchev–Trinajstić information content (AvgIpc) is 2.04. The maximum Gasteiger partial charge on any atom is -0.0321 e. The molecule has 0 saturated heterocycles. The summed E-state index contributed by atoms with van der Waals surface area (Å²) in [7, 11) is 0. The Morgan fingerprint density at radius 3 is 2.00 bits per heavy atom. The summed E-state index contributed by atoms with van der Waals surface area (Å²) in [5, 5.41) is 0. The predicted molar refractivity (Wildman–Crippen MR) is 54.9 cm³/mol. The highest BCUT2D eigenvalue weighted by Gasteiger charge is 1.94. The molecule has 0 aliphatic carbocycles. The monoisotopic (exact) mass is 156 g/mol. The zero-order valence-electron chi connectivity index (χ0n) is 8.91. The van der Waals surface area contributed by atoms with E-state index in [2.05, 4.69) is 27.4 Å². The molecule has 0 atom stereocenters. The van der Waals surface area contributed by atoms with Crippen LogP contribution in [0.25, 0.3) is 0 Å². The largest absolute Gasteiger partial charge is 0.0999 e. The molecular weight excluding hydrogens is 132 g/mol. The molecule has 0 aliphatic heterocycles. The molecule has 0 N–H and O–H groups in total. The van der Waals surface area contributed by atoms with Crippen molar-refractivity contribution in [1.82, 2.24) is 0 Å². The van der Waals surface area contributed by atoms with Crippen LogP contribution in [-0.2, 0) is 0 Å². The van der Waals surface area contributed by atoms with Crippen LogP contribution >= 0.6 is 0 Å². The summed E-state index contributed by atoms with van der Waals surface area (Å²) in [5.41, 5.74) is 1.39. The van der Waals surface area contributed by atoms with Crippen LogP contribution in [0.4, 0.5) is 0 Å². The lowest BCUT2D eigenvalue weighted by Gasteiger charge is -2.04. The van der Waals surface area contributed by atoms with Crippen molar-refractivity contribution < 1.29 is 0 Å².